The number of hydrogen-bond donors (Lipinski definition) is 2. The minimum absolute atomic E-state index is 0. The van der Waals surface area contributed by atoms with E-state index < -0.39 is 0 Å². The molecule has 0 radical (unpaired) electrons. The molecule has 1 aromatic heterocycles. The Morgan fingerprint density at radius 1 is 1.00 bits per heavy atom. The van der Waals surface area contributed by atoms with E-state index in [2.05, 4.69) is 45.1 Å². The van der Waals surface area contributed by atoms with E-state index in [4.69, 9.17) is 14.5 Å². The van der Waals surface area contributed by atoms with Crippen molar-refractivity contribution < 1.29 is 9.47 Å². The van der Waals surface area contributed by atoms with Gasteiger partial charge in [0.1, 0.15) is 17.3 Å². The van der Waals surface area contributed by atoms with Crippen molar-refractivity contribution in [3.05, 3.63) is 70.8 Å². The lowest BCUT2D eigenvalue weighted by Gasteiger charge is -2.14. The number of halogens is 1. The Hall–Kier alpha value is -2.82. The zero-order valence-electron chi connectivity index (χ0n) is 19.9. The second kappa shape index (κ2) is 13.0. The molecule has 0 spiro atoms. The Bertz CT molecular complexity index is 1050. The molecule has 2 N–H and O–H groups in total. The molecular formula is C24H33IN6O2. The number of rotatable bonds is 9. The monoisotopic (exact) mass is 564 g/mol. The van der Waals surface area contributed by atoms with E-state index in [9.17, 15) is 0 Å². The van der Waals surface area contributed by atoms with Crippen molar-refractivity contribution in [3.8, 4) is 11.5 Å². The topological polar surface area (TPSA) is 85.6 Å². The molecule has 3 aromatic rings. The number of methoxy groups -OCH3 is 2. The van der Waals surface area contributed by atoms with Crippen LogP contribution in [0.15, 0.2) is 47.5 Å². The molecule has 1 heterocycles. The third-order valence-electron chi connectivity index (χ3n) is 5.31. The Balaban J connectivity index is 0.00000385. The van der Waals surface area contributed by atoms with E-state index in [0.29, 0.717) is 19.0 Å². The van der Waals surface area contributed by atoms with E-state index in [-0.39, 0.29) is 24.0 Å². The van der Waals surface area contributed by atoms with Crippen LogP contribution in [0.2, 0.25) is 0 Å². The molecule has 9 heteroatoms. The van der Waals surface area contributed by atoms with Crippen molar-refractivity contribution in [1.82, 2.24) is 25.4 Å². The van der Waals surface area contributed by atoms with Gasteiger partial charge in [0.25, 0.3) is 0 Å². The molecule has 0 aliphatic carbocycles. The summed E-state index contributed by atoms with van der Waals surface area (Å²) < 4.78 is 12.7. The highest BCUT2D eigenvalue weighted by molar-refractivity contribution is 14.0. The first kappa shape index (κ1) is 26.4. The molecule has 0 aliphatic heterocycles. The Kier molecular flexibility index (Phi) is 10.4. The summed E-state index contributed by atoms with van der Waals surface area (Å²) in [5, 5.41) is 15.1. The summed E-state index contributed by atoms with van der Waals surface area (Å²) in [6, 6.07) is 14.2. The number of nitrogens with zero attached hydrogens (tertiary/aromatic N) is 4. The molecule has 8 nitrogen and oxygen atoms in total. The number of aromatic nitrogens is 3. The highest BCUT2D eigenvalue weighted by Gasteiger charge is 2.08. The summed E-state index contributed by atoms with van der Waals surface area (Å²) in [7, 11) is 5.31. The summed E-state index contributed by atoms with van der Waals surface area (Å²) in [5.41, 5.74) is 3.41. The van der Waals surface area contributed by atoms with E-state index in [0.717, 1.165) is 47.2 Å². The molecule has 0 amide bonds. The maximum Gasteiger partial charge on any atom is 0.191 e. The van der Waals surface area contributed by atoms with E-state index in [1.54, 1.807) is 14.2 Å². The second-order valence-corrected chi connectivity index (χ2v) is 7.58. The Morgan fingerprint density at radius 2 is 1.76 bits per heavy atom. The van der Waals surface area contributed by atoms with E-state index in [1.165, 1.54) is 5.56 Å². The van der Waals surface area contributed by atoms with Crippen LogP contribution in [-0.2, 0) is 26.6 Å². The van der Waals surface area contributed by atoms with Gasteiger partial charge in [-0.25, -0.2) is 4.99 Å². The molecule has 0 unspecified atom stereocenters. The van der Waals surface area contributed by atoms with Crippen molar-refractivity contribution >= 4 is 29.9 Å². The summed E-state index contributed by atoms with van der Waals surface area (Å²) >= 11 is 0. The first-order valence-electron chi connectivity index (χ1n) is 10.6. The molecule has 0 saturated heterocycles. The lowest BCUT2D eigenvalue weighted by molar-refractivity contribution is 0.409. The van der Waals surface area contributed by atoms with Gasteiger partial charge in [-0.3, -0.25) is 0 Å². The standard InChI is InChI=1S/C24H32N6O2.HI/c1-17-6-9-20(22(14-17)32-5)15-26-24(27-16-23-29-28-18(2)30(23)3)25-13-12-19-7-10-21(31-4)11-8-19;/h6-11,14H,12-13,15-16H2,1-5H3,(H2,25,26,27);1H. The lowest BCUT2D eigenvalue weighted by atomic mass is 10.1. The average Bonchev–Trinajstić information content (AvgIpc) is 3.13. The van der Waals surface area contributed by atoms with Gasteiger partial charge >= 0.3 is 0 Å². The largest absolute Gasteiger partial charge is 0.497 e. The van der Waals surface area contributed by atoms with Crippen LogP contribution in [0.1, 0.15) is 28.3 Å². The predicted octanol–water partition coefficient (Wildman–Crippen LogP) is 3.55. The maximum absolute atomic E-state index is 5.52. The normalized spacial score (nSPS) is 11.0. The number of guanidine groups is 1. The number of aryl methyl sites for hydroxylation is 2. The molecule has 0 atom stereocenters. The SMILES string of the molecule is COc1ccc(CCNC(=NCc2ccc(C)cc2OC)NCc2nnc(C)n2C)cc1.I. The quantitative estimate of drug-likeness (QED) is 0.235. The van der Waals surface area contributed by atoms with Gasteiger partial charge in [-0.15, -0.1) is 34.2 Å². The van der Waals surface area contributed by atoms with Gasteiger partial charge in [0.2, 0.25) is 0 Å². The predicted molar refractivity (Wildman–Crippen MR) is 142 cm³/mol. The zero-order valence-corrected chi connectivity index (χ0v) is 22.2. The second-order valence-electron chi connectivity index (χ2n) is 7.58. The van der Waals surface area contributed by atoms with Gasteiger partial charge in [-0.2, -0.15) is 0 Å². The molecule has 0 fully saturated rings. The van der Waals surface area contributed by atoms with Crippen molar-refractivity contribution in [2.45, 2.75) is 33.4 Å². The van der Waals surface area contributed by atoms with Gasteiger partial charge < -0.3 is 24.7 Å². The number of hydrogen-bond acceptors (Lipinski definition) is 5. The zero-order chi connectivity index (χ0) is 22.9. The van der Waals surface area contributed by atoms with Gasteiger partial charge in [0, 0.05) is 19.2 Å². The third kappa shape index (κ3) is 7.62. The van der Waals surface area contributed by atoms with Crippen molar-refractivity contribution in [1.29, 1.82) is 0 Å². The van der Waals surface area contributed by atoms with E-state index >= 15 is 0 Å². The Labute approximate surface area is 212 Å². The summed E-state index contributed by atoms with van der Waals surface area (Å²) in [4.78, 5) is 4.78. The van der Waals surface area contributed by atoms with Crippen molar-refractivity contribution in [2.75, 3.05) is 20.8 Å². The fourth-order valence-electron chi connectivity index (χ4n) is 3.21. The fourth-order valence-corrected chi connectivity index (χ4v) is 3.21. The fraction of sp³-hybridized carbons (Fsp3) is 0.375. The molecule has 178 valence electrons. The smallest absolute Gasteiger partial charge is 0.191 e. The van der Waals surface area contributed by atoms with Crippen LogP contribution in [0.5, 0.6) is 11.5 Å². The van der Waals surface area contributed by atoms with Crippen LogP contribution in [0.3, 0.4) is 0 Å². The molecule has 33 heavy (non-hydrogen) atoms. The third-order valence-corrected chi connectivity index (χ3v) is 5.31. The number of ether oxygens (including phenoxy) is 2. The summed E-state index contributed by atoms with van der Waals surface area (Å²) in [5.74, 6) is 4.13. The van der Waals surface area contributed by atoms with Gasteiger partial charge in [-0.1, -0.05) is 24.3 Å². The highest BCUT2D eigenvalue weighted by Crippen LogP contribution is 2.20. The van der Waals surface area contributed by atoms with Gasteiger partial charge in [-0.05, 0) is 49.6 Å². The lowest BCUT2D eigenvalue weighted by Crippen LogP contribution is -2.38. The molecule has 2 aromatic carbocycles. The highest BCUT2D eigenvalue weighted by atomic mass is 127. The Morgan fingerprint density at radius 3 is 2.39 bits per heavy atom. The number of nitrogens with one attached hydrogen (secondary N) is 2. The van der Waals surface area contributed by atoms with Crippen LogP contribution >= 0.6 is 24.0 Å². The minimum Gasteiger partial charge on any atom is -0.497 e. The van der Waals surface area contributed by atoms with Crippen LogP contribution in [0.25, 0.3) is 0 Å². The van der Waals surface area contributed by atoms with Crippen LogP contribution < -0.4 is 20.1 Å². The van der Waals surface area contributed by atoms with Crippen molar-refractivity contribution in [2.24, 2.45) is 12.0 Å². The van der Waals surface area contributed by atoms with Crippen LogP contribution in [0.4, 0.5) is 0 Å². The molecular weight excluding hydrogens is 531 g/mol. The summed E-state index contributed by atoms with van der Waals surface area (Å²) in [6.45, 7) is 5.74. The molecule has 0 saturated carbocycles. The van der Waals surface area contributed by atoms with Gasteiger partial charge in [0.15, 0.2) is 11.8 Å². The maximum atomic E-state index is 5.52. The van der Waals surface area contributed by atoms with E-state index in [1.807, 2.05) is 43.7 Å². The molecule has 3 rings (SSSR count). The minimum atomic E-state index is 0. The number of benzene rings is 2. The van der Waals surface area contributed by atoms with Gasteiger partial charge in [0.05, 0.1) is 27.3 Å². The number of aliphatic imine (C=N–C) groups is 1. The average molecular weight is 564 g/mol. The molecule has 0 aliphatic rings. The van der Waals surface area contributed by atoms with Crippen LogP contribution in [-0.4, -0.2) is 41.5 Å². The summed E-state index contributed by atoms with van der Waals surface area (Å²) in [6.07, 6.45) is 0.863. The molecule has 0 bridgehead atoms. The first-order valence-corrected chi connectivity index (χ1v) is 10.6. The first-order chi connectivity index (χ1) is 15.5. The van der Waals surface area contributed by atoms with Crippen molar-refractivity contribution in [3.63, 3.8) is 0 Å². The van der Waals surface area contributed by atoms with Crippen LogP contribution in [0, 0.1) is 13.8 Å².